The molecule has 4 heteroatoms. The minimum absolute atomic E-state index is 0.0399. The second kappa shape index (κ2) is 5.26. The fourth-order valence-corrected chi connectivity index (χ4v) is 2.24. The molecular formula is C15H18N2O2. The number of carbonyl (C=O) groups is 2. The lowest BCUT2D eigenvalue weighted by atomic mass is 10.0. The van der Waals surface area contributed by atoms with E-state index in [0.717, 1.165) is 0 Å². The molecular weight excluding hydrogens is 240 g/mol. The molecule has 0 saturated carbocycles. The third-order valence-corrected chi connectivity index (χ3v) is 3.24. The predicted octanol–water partition coefficient (Wildman–Crippen LogP) is 1.97. The van der Waals surface area contributed by atoms with Crippen molar-refractivity contribution in [3.8, 4) is 0 Å². The standard InChI is InChI=1S/C15H18N2O2/c1-4-9-17-12-8-6-5-7-11(12)14(18)16-13(10(2)3)15(17)19/h4-8,10,13H,1,9H2,2-3H3,(H,16,18). The van der Waals surface area contributed by atoms with Crippen molar-refractivity contribution in [2.75, 3.05) is 11.4 Å². The zero-order valence-corrected chi connectivity index (χ0v) is 11.2. The SMILES string of the molecule is C=CCN1C(=O)C(C(C)C)NC(=O)c2ccccc21. The van der Waals surface area contributed by atoms with Crippen LogP contribution < -0.4 is 10.2 Å². The van der Waals surface area contributed by atoms with Crippen molar-refractivity contribution in [2.45, 2.75) is 19.9 Å². The van der Waals surface area contributed by atoms with Crippen LogP contribution in [-0.4, -0.2) is 24.4 Å². The molecule has 1 aliphatic heterocycles. The highest BCUT2D eigenvalue weighted by Crippen LogP contribution is 2.25. The van der Waals surface area contributed by atoms with Gasteiger partial charge in [-0.15, -0.1) is 6.58 Å². The molecule has 1 aromatic carbocycles. The zero-order valence-electron chi connectivity index (χ0n) is 11.2. The van der Waals surface area contributed by atoms with Crippen LogP contribution in [0.1, 0.15) is 24.2 Å². The molecule has 100 valence electrons. The molecule has 19 heavy (non-hydrogen) atoms. The quantitative estimate of drug-likeness (QED) is 0.843. The second-order valence-corrected chi connectivity index (χ2v) is 4.95. The first-order valence-electron chi connectivity index (χ1n) is 6.38. The Kier molecular flexibility index (Phi) is 3.69. The van der Waals surface area contributed by atoms with Crippen molar-refractivity contribution in [3.63, 3.8) is 0 Å². The van der Waals surface area contributed by atoms with E-state index >= 15 is 0 Å². The van der Waals surface area contributed by atoms with Gasteiger partial charge in [-0.25, -0.2) is 0 Å². The number of anilines is 1. The molecule has 0 radical (unpaired) electrons. The first-order chi connectivity index (χ1) is 9.06. The van der Waals surface area contributed by atoms with Gasteiger partial charge in [0.05, 0.1) is 11.3 Å². The van der Waals surface area contributed by atoms with Crippen LogP contribution in [0.5, 0.6) is 0 Å². The Hall–Kier alpha value is -2.10. The summed E-state index contributed by atoms with van der Waals surface area (Å²) >= 11 is 0. The van der Waals surface area contributed by atoms with E-state index in [1.807, 2.05) is 19.9 Å². The molecule has 0 spiro atoms. The maximum absolute atomic E-state index is 12.5. The van der Waals surface area contributed by atoms with E-state index in [-0.39, 0.29) is 17.7 Å². The van der Waals surface area contributed by atoms with E-state index in [0.29, 0.717) is 17.8 Å². The Morgan fingerprint density at radius 3 is 2.68 bits per heavy atom. The molecule has 2 rings (SSSR count). The van der Waals surface area contributed by atoms with Crippen molar-refractivity contribution < 1.29 is 9.59 Å². The number of rotatable bonds is 3. The number of amides is 2. The molecule has 2 amide bonds. The second-order valence-electron chi connectivity index (χ2n) is 4.95. The van der Waals surface area contributed by atoms with Crippen molar-refractivity contribution in [1.82, 2.24) is 5.32 Å². The Balaban J connectivity index is 2.53. The van der Waals surface area contributed by atoms with Crippen molar-refractivity contribution in [3.05, 3.63) is 42.5 Å². The van der Waals surface area contributed by atoms with E-state index in [2.05, 4.69) is 11.9 Å². The number of hydrogen-bond acceptors (Lipinski definition) is 2. The van der Waals surface area contributed by atoms with E-state index in [1.165, 1.54) is 0 Å². The highest BCUT2D eigenvalue weighted by Gasteiger charge is 2.34. The molecule has 0 bridgehead atoms. The molecule has 0 aromatic heterocycles. The average molecular weight is 258 g/mol. The molecule has 4 nitrogen and oxygen atoms in total. The Bertz CT molecular complexity index is 523. The van der Waals surface area contributed by atoms with Crippen LogP contribution in [0.15, 0.2) is 36.9 Å². The number of fused-ring (bicyclic) bond motifs is 1. The minimum atomic E-state index is -0.500. The lowest BCUT2D eigenvalue weighted by molar-refractivity contribution is -0.121. The number of nitrogens with one attached hydrogen (secondary N) is 1. The summed E-state index contributed by atoms with van der Waals surface area (Å²) in [5.41, 5.74) is 1.17. The molecule has 1 heterocycles. The first kappa shape index (κ1) is 13.3. The van der Waals surface area contributed by atoms with Gasteiger partial charge in [0, 0.05) is 6.54 Å². The number of para-hydroxylation sites is 1. The topological polar surface area (TPSA) is 49.4 Å². The fourth-order valence-electron chi connectivity index (χ4n) is 2.24. The third-order valence-electron chi connectivity index (χ3n) is 3.24. The molecule has 1 N–H and O–H groups in total. The predicted molar refractivity (Wildman–Crippen MR) is 75.1 cm³/mol. The van der Waals surface area contributed by atoms with E-state index < -0.39 is 6.04 Å². The number of carbonyl (C=O) groups excluding carboxylic acids is 2. The molecule has 0 saturated heterocycles. The summed E-state index contributed by atoms with van der Waals surface area (Å²) in [5, 5.41) is 2.81. The van der Waals surface area contributed by atoms with E-state index in [1.54, 1.807) is 29.2 Å². The van der Waals surface area contributed by atoms with Crippen molar-refractivity contribution >= 4 is 17.5 Å². The first-order valence-corrected chi connectivity index (χ1v) is 6.38. The van der Waals surface area contributed by atoms with E-state index in [9.17, 15) is 9.59 Å². The van der Waals surface area contributed by atoms with Crippen molar-refractivity contribution in [1.29, 1.82) is 0 Å². The van der Waals surface area contributed by atoms with Gasteiger partial charge in [-0.05, 0) is 18.1 Å². The van der Waals surface area contributed by atoms with Crippen LogP contribution in [0, 0.1) is 5.92 Å². The minimum Gasteiger partial charge on any atom is -0.340 e. The summed E-state index contributed by atoms with van der Waals surface area (Å²) in [4.78, 5) is 26.4. The van der Waals surface area contributed by atoms with Gasteiger partial charge in [0.2, 0.25) is 5.91 Å². The van der Waals surface area contributed by atoms with E-state index in [4.69, 9.17) is 0 Å². The molecule has 1 aliphatic rings. The van der Waals surface area contributed by atoms with Crippen LogP contribution in [0.2, 0.25) is 0 Å². The van der Waals surface area contributed by atoms with Gasteiger partial charge in [0.25, 0.3) is 5.91 Å². The smallest absolute Gasteiger partial charge is 0.254 e. The zero-order chi connectivity index (χ0) is 14.0. The average Bonchev–Trinajstić information content (AvgIpc) is 2.50. The summed E-state index contributed by atoms with van der Waals surface area (Å²) in [5.74, 6) is -0.250. The van der Waals surface area contributed by atoms with Gasteiger partial charge in [0.15, 0.2) is 0 Å². The van der Waals surface area contributed by atoms with Crippen LogP contribution in [0.4, 0.5) is 5.69 Å². The van der Waals surface area contributed by atoms with Gasteiger partial charge in [-0.1, -0.05) is 32.1 Å². The number of hydrogen-bond donors (Lipinski definition) is 1. The summed E-state index contributed by atoms with van der Waals surface area (Å²) in [6.07, 6.45) is 1.67. The largest absolute Gasteiger partial charge is 0.340 e. The van der Waals surface area contributed by atoms with Crippen LogP contribution >= 0.6 is 0 Å². The summed E-state index contributed by atoms with van der Waals surface area (Å²) in [7, 11) is 0. The Morgan fingerprint density at radius 2 is 2.05 bits per heavy atom. The number of benzene rings is 1. The Morgan fingerprint density at radius 1 is 1.37 bits per heavy atom. The van der Waals surface area contributed by atoms with Gasteiger partial charge in [0.1, 0.15) is 6.04 Å². The molecule has 1 atom stereocenters. The van der Waals surface area contributed by atoms with Gasteiger partial charge < -0.3 is 10.2 Å². The van der Waals surface area contributed by atoms with Gasteiger partial charge in [-0.2, -0.15) is 0 Å². The summed E-state index contributed by atoms with van der Waals surface area (Å²) in [6.45, 7) is 7.92. The highest BCUT2D eigenvalue weighted by molar-refractivity contribution is 6.11. The molecule has 1 aromatic rings. The summed E-state index contributed by atoms with van der Waals surface area (Å²) in [6, 6.07) is 6.64. The normalized spacial score (nSPS) is 18.9. The van der Waals surface area contributed by atoms with Gasteiger partial charge >= 0.3 is 0 Å². The van der Waals surface area contributed by atoms with Crippen LogP contribution in [0.25, 0.3) is 0 Å². The fraction of sp³-hybridized carbons (Fsp3) is 0.333. The van der Waals surface area contributed by atoms with Gasteiger partial charge in [-0.3, -0.25) is 9.59 Å². The molecule has 1 unspecified atom stereocenters. The number of nitrogens with zero attached hydrogens (tertiary/aromatic N) is 1. The summed E-state index contributed by atoms with van der Waals surface area (Å²) < 4.78 is 0. The maximum Gasteiger partial charge on any atom is 0.254 e. The monoisotopic (exact) mass is 258 g/mol. The maximum atomic E-state index is 12.5. The highest BCUT2D eigenvalue weighted by atomic mass is 16.2. The lowest BCUT2D eigenvalue weighted by Gasteiger charge is -2.25. The lowest BCUT2D eigenvalue weighted by Crippen LogP contribution is -2.48. The Labute approximate surface area is 113 Å². The third kappa shape index (κ3) is 2.38. The molecule has 0 fully saturated rings. The van der Waals surface area contributed by atoms with Crippen molar-refractivity contribution in [2.24, 2.45) is 5.92 Å². The van der Waals surface area contributed by atoms with Crippen LogP contribution in [0.3, 0.4) is 0 Å². The molecule has 0 aliphatic carbocycles. The van der Waals surface area contributed by atoms with Crippen LogP contribution in [-0.2, 0) is 4.79 Å².